The van der Waals surface area contributed by atoms with E-state index in [2.05, 4.69) is 55.1 Å². The first kappa shape index (κ1) is 61.6. The van der Waals surface area contributed by atoms with Crippen molar-refractivity contribution >= 4 is 97.8 Å². The van der Waals surface area contributed by atoms with E-state index in [0.717, 1.165) is 43.5 Å². The molecule has 2 aromatic rings. The second-order valence-electron chi connectivity index (χ2n) is 20.4. The van der Waals surface area contributed by atoms with Crippen LogP contribution in [0.5, 0.6) is 0 Å². The van der Waals surface area contributed by atoms with Crippen molar-refractivity contribution in [1.82, 2.24) is 31.2 Å². The number of esters is 2. The van der Waals surface area contributed by atoms with Gasteiger partial charge in [0.2, 0.25) is 17.7 Å². The van der Waals surface area contributed by atoms with Crippen molar-refractivity contribution in [1.29, 1.82) is 0 Å². The fourth-order valence-corrected chi connectivity index (χ4v) is 11.0. The van der Waals surface area contributed by atoms with Crippen LogP contribution in [0.4, 0.5) is 4.79 Å². The van der Waals surface area contributed by atoms with E-state index < -0.39 is 59.0 Å². The highest BCUT2D eigenvalue weighted by atomic mass is 32.2. The molecule has 5 heterocycles. The van der Waals surface area contributed by atoms with Crippen LogP contribution in [-0.4, -0.2) is 114 Å². The number of carbonyl (C=O) groups is 7. The summed E-state index contributed by atoms with van der Waals surface area (Å²) in [4.78, 5) is 107. The van der Waals surface area contributed by atoms with E-state index in [1.165, 1.54) is 53.1 Å². The smallest absolute Gasteiger partial charge is 0.408 e. The number of cyclic esters (lactones) is 1. The Morgan fingerprint density at radius 3 is 2.22 bits per heavy atom. The second-order valence-corrected chi connectivity index (χ2v) is 24.2. The van der Waals surface area contributed by atoms with E-state index in [0.29, 0.717) is 38.0 Å². The molecule has 0 fully saturated rings. The average molecular weight is 1100 g/mol. The molecule has 4 bridgehead atoms. The molecule has 408 valence electrons. The number of ketones is 1. The summed E-state index contributed by atoms with van der Waals surface area (Å²) in [5.74, 6) is -1.77. The van der Waals surface area contributed by atoms with Crippen LogP contribution in [0.2, 0.25) is 0 Å². The molecular weight excluding hydrogens is 1020 g/mol. The molecule has 0 aromatic carbocycles. The number of ether oxygens (including phenoxy) is 3. The second kappa shape index (κ2) is 28.8. The van der Waals surface area contributed by atoms with Gasteiger partial charge < -0.3 is 35.5 Å². The molecule has 4 amide bonds. The lowest BCUT2D eigenvalue weighted by Gasteiger charge is -2.27. The first-order chi connectivity index (χ1) is 34.8. The number of alkyl carbamates (subject to hydrolysis) is 1. The monoisotopic (exact) mass is 1100 g/mol. The van der Waals surface area contributed by atoms with E-state index in [-0.39, 0.29) is 61.3 Å². The zero-order valence-electron chi connectivity index (χ0n) is 44.9. The maximum atomic E-state index is 13.4. The van der Waals surface area contributed by atoms with Crippen LogP contribution in [0.1, 0.15) is 156 Å². The Hall–Kier alpha value is -4.93. The molecule has 22 heteroatoms. The predicted molar refractivity (Wildman–Crippen MR) is 294 cm³/mol. The molecule has 6 atom stereocenters. The summed E-state index contributed by atoms with van der Waals surface area (Å²) in [6.07, 6.45) is 11.3. The molecule has 1 unspecified atom stereocenters. The van der Waals surface area contributed by atoms with Gasteiger partial charge in [0.25, 0.3) is 0 Å². The SMILES string of the molecule is CCCC/C=C/C(CC(C)=O)OC(=O)[C@@H](NC(=O)[C@]1(C)CSC(c2csc(CNC(=O)OC(C)(C)C)n2)=N1)C(C)C.CCCC/C=C/[C@@H]1CC(=O)NCc2nc(cs2)C2=N[C@@](C)(CS2)C(=O)N[C@@H](C(C)C)C(=O)O1. The molecule has 0 saturated carbocycles. The van der Waals surface area contributed by atoms with Gasteiger partial charge in [0.05, 0.1) is 19.5 Å². The minimum Gasteiger partial charge on any atom is -0.456 e. The van der Waals surface area contributed by atoms with Gasteiger partial charge in [-0.05, 0) is 78.4 Å². The normalized spacial score (nSPS) is 22.3. The highest BCUT2D eigenvalue weighted by Crippen LogP contribution is 2.34. The van der Waals surface area contributed by atoms with Gasteiger partial charge in [-0.25, -0.2) is 24.4 Å². The molecule has 3 aliphatic heterocycles. The van der Waals surface area contributed by atoms with Crippen molar-refractivity contribution in [3.05, 3.63) is 56.5 Å². The number of Topliss-reactive ketones (excluding diaryl/α,β-unsaturated/α-hetero) is 1. The number of hydrogen-bond donors (Lipinski definition) is 4. The lowest BCUT2D eigenvalue weighted by atomic mass is 10.0. The molecule has 0 saturated heterocycles. The first-order valence-corrected chi connectivity index (χ1v) is 29.0. The number of thiazole rings is 2. The predicted octanol–water partition coefficient (Wildman–Crippen LogP) is 8.41. The molecule has 5 rings (SSSR count). The van der Waals surface area contributed by atoms with E-state index in [9.17, 15) is 33.6 Å². The fraction of sp³-hybridized carbons (Fsp3) is 0.635. The summed E-state index contributed by atoms with van der Waals surface area (Å²) in [5.41, 5.74) is -1.37. The van der Waals surface area contributed by atoms with Gasteiger partial charge in [0, 0.05) is 28.7 Å². The van der Waals surface area contributed by atoms with Crippen molar-refractivity contribution in [3.63, 3.8) is 0 Å². The lowest BCUT2D eigenvalue weighted by Crippen LogP contribution is -2.53. The van der Waals surface area contributed by atoms with Crippen LogP contribution < -0.4 is 21.3 Å². The molecule has 0 radical (unpaired) electrons. The van der Waals surface area contributed by atoms with Gasteiger partial charge in [-0.3, -0.25) is 29.2 Å². The fourth-order valence-electron chi connectivity index (χ4n) is 7.12. The Morgan fingerprint density at radius 2 is 1.57 bits per heavy atom. The van der Waals surface area contributed by atoms with Crippen LogP contribution in [0, 0.1) is 11.8 Å². The van der Waals surface area contributed by atoms with Crippen LogP contribution in [0.25, 0.3) is 0 Å². The van der Waals surface area contributed by atoms with E-state index in [4.69, 9.17) is 14.2 Å². The molecule has 18 nitrogen and oxygen atoms in total. The Bertz CT molecular complexity index is 2410. The molecule has 0 aliphatic carbocycles. The third-order valence-electron chi connectivity index (χ3n) is 11.4. The number of carbonyl (C=O) groups excluding carboxylic acids is 7. The zero-order chi connectivity index (χ0) is 54.8. The number of unbranched alkanes of at least 4 members (excludes halogenated alkanes) is 4. The number of rotatable bonds is 19. The summed E-state index contributed by atoms with van der Waals surface area (Å²) in [7, 11) is 0. The Labute approximate surface area is 452 Å². The molecule has 4 N–H and O–H groups in total. The number of amides is 4. The first-order valence-electron chi connectivity index (χ1n) is 25.3. The summed E-state index contributed by atoms with van der Waals surface area (Å²) < 4.78 is 16.6. The molecular formula is C52H76N8O10S4. The number of aromatic nitrogens is 2. The molecule has 3 aliphatic rings. The highest BCUT2D eigenvalue weighted by molar-refractivity contribution is 8.15. The standard InChI is InChI=1S/C29H44N4O6S2.C23H32N4O4S2/c1-9-10-11-12-13-20(14-19(4)34)38-25(35)23(18(2)3)32-26(36)29(8)17-41-24(33-29)21-16-40-22(31-21)15-30-27(37)39-28(5,6)7;1-5-6-7-8-9-15-10-17(28)24-11-18-25-16(12-32-18)20-27-23(4,13-33-20)22(30)26-19(14(2)3)21(29)31-15/h12-13,16,18,20,23H,9-11,14-15,17H2,1-8H3,(H,30,37)(H,32,36);8-9,12,14-15,19H,5-7,10-11,13H2,1-4H3,(H,24,28)(H,26,30)/b13-12+;9-8+/t20?,23-,29-;15-,19+,23+/m01/s1. The minimum absolute atomic E-state index is 0.00559. The van der Waals surface area contributed by atoms with Crippen LogP contribution in [0.15, 0.2) is 45.0 Å². The van der Waals surface area contributed by atoms with Crippen molar-refractivity contribution < 1.29 is 47.8 Å². The number of aliphatic imine (C=N–C) groups is 2. The topological polar surface area (TPSA) is 246 Å². The number of allylic oxidation sites excluding steroid dienone is 2. The van der Waals surface area contributed by atoms with Crippen molar-refractivity contribution in [2.45, 2.75) is 189 Å². The highest BCUT2D eigenvalue weighted by Gasteiger charge is 2.43. The Morgan fingerprint density at radius 1 is 0.919 bits per heavy atom. The maximum absolute atomic E-state index is 13.4. The van der Waals surface area contributed by atoms with E-state index in [1.807, 2.05) is 50.6 Å². The summed E-state index contributed by atoms with van der Waals surface area (Å²) >= 11 is 5.68. The van der Waals surface area contributed by atoms with Crippen LogP contribution in [-0.2, 0) is 56.1 Å². The van der Waals surface area contributed by atoms with Crippen LogP contribution in [0.3, 0.4) is 0 Å². The molecule has 0 spiro atoms. The lowest BCUT2D eigenvalue weighted by molar-refractivity contribution is -0.154. The summed E-state index contributed by atoms with van der Waals surface area (Å²) in [5, 5.41) is 17.7. The number of thioether (sulfide) groups is 2. The van der Waals surface area contributed by atoms with Gasteiger partial charge in [-0.15, -0.1) is 46.2 Å². The largest absolute Gasteiger partial charge is 0.456 e. The third kappa shape index (κ3) is 19.6. The van der Waals surface area contributed by atoms with Crippen molar-refractivity contribution in [2.24, 2.45) is 21.8 Å². The van der Waals surface area contributed by atoms with Gasteiger partial charge in [-0.2, -0.15) is 0 Å². The maximum Gasteiger partial charge on any atom is 0.408 e. The minimum atomic E-state index is -1.11. The zero-order valence-corrected chi connectivity index (χ0v) is 48.2. The van der Waals surface area contributed by atoms with Crippen molar-refractivity contribution in [3.8, 4) is 0 Å². The number of nitrogens with one attached hydrogen (secondary N) is 4. The van der Waals surface area contributed by atoms with E-state index in [1.54, 1.807) is 46.8 Å². The quantitative estimate of drug-likeness (QED) is 0.0447. The Kier molecular flexibility index (Phi) is 24.0. The van der Waals surface area contributed by atoms with Gasteiger partial charge in [0.1, 0.15) is 78.2 Å². The van der Waals surface area contributed by atoms with E-state index >= 15 is 0 Å². The number of nitrogens with zero attached hydrogens (tertiary/aromatic N) is 4. The third-order valence-corrected chi connectivity index (χ3v) is 15.6. The number of fused-ring (bicyclic) bond motifs is 4. The summed E-state index contributed by atoms with van der Waals surface area (Å²) in [6.45, 7) is 22.4. The van der Waals surface area contributed by atoms with Crippen LogP contribution >= 0.6 is 46.2 Å². The summed E-state index contributed by atoms with van der Waals surface area (Å²) in [6, 6.07) is -1.74. The Balaban J connectivity index is 0.000000327. The van der Waals surface area contributed by atoms with Gasteiger partial charge in [0.15, 0.2) is 0 Å². The molecule has 2 aromatic heterocycles. The van der Waals surface area contributed by atoms with Gasteiger partial charge >= 0.3 is 18.0 Å². The molecule has 74 heavy (non-hydrogen) atoms. The number of hydrogen-bond acceptors (Lipinski definition) is 18. The van der Waals surface area contributed by atoms with Crippen molar-refractivity contribution in [2.75, 3.05) is 11.5 Å². The average Bonchev–Trinajstić information content (AvgIpc) is 4.15. The van der Waals surface area contributed by atoms with Gasteiger partial charge in [-0.1, -0.05) is 79.4 Å².